The summed E-state index contributed by atoms with van der Waals surface area (Å²) in [5.41, 5.74) is 2.58. The first-order chi connectivity index (χ1) is 8.74. The quantitative estimate of drug-likeness (QED) is 0.610. The fourth-order valence-electron chi connectivity index (χ4n) is 1.57. The summed E-state index contributed by atoms with van der Waals surface area (Å²) in [6.07, 6.45) is 0.00641. The molecule has 0 bridgehead atoms. The van der Waals surface area contributed by atoms with Gasteiger partial charge in [-0.1, -0.05) is 0 Å². The number of anilines is 1. The Labute approximate surface area is 109 Å². The van der Waals surface area contributed by atoms with Crippen LogP contribution in [0.2, 0.25) is 0 Å². The number of nitrogen functional groups attached to an aromatic ring is 1. The van der Waals surface area contributed by atoms with Crippen LogP contribution in [0.3, 0.4) is 0 Å². The van der Waals surface area contributed by atoms with Crippen molar-refractivity contribution in [3.05, 3.63) is 17.3 Å². The van der Waals surface area contributed by atoms with Crippen LogP contribution >= 0.6 is 11.3 Å². The van der Waals surface area contributed by atoms with Gasteiger partial charge in [-0.3, -0.25) is 0 Å². The van der Waals surface area contributed by atoms with E-state index in [0.29, 0.717) is 24.9 Å². The van der Waals surface area contributed by atoms with Crippen molar-refractivity contribution in [2.24, 2.45) is 5.84 Å². The molecule has 2 rings (SSSR count). The number of ether oxygens (including phenoxy) is 2. The van der Waals surface area contributed by atoms with Crippen LogP contribution in [0.1, 0.15) is 12.7 Å². The molecule has 7 heteroatoms. The highest BCUT2D eigenvalue weighted by atomic mass is 32.1. The maximum absolute atomic E-state index is 5.58. The van der Waals surface area contributed by atoms with Crippen molar-refractivity contribution in [2.75, 3.05) is 19.1 Å². The molecule has 2 aromatic rings. The van der Waals surface area contributed by atoms with Crippen molar-refractivity contribution in [3.63, 3.8) is 0 Å². The van der Waals surface area contributed by atoms with Crippen LogP contribution in [0, 0.1) is 0 Å². The Bertz CT molecular complexity index is 517. The minimum Gasteiger partial charge on any atom is -0.382 e. The third kappa shape index (κ3) is 2.94. The second kappa shape index (κ2) is 6.05. The number of nitrogens with zero attached hydrogens (tertiary/aromatic N) is 2. The van der Waals surface area contributed by atoms with E-state index in [1.54, 1.807) is 18.4 Å². The Morgan fingerprint density at radius 2 is 2.33 bits per heavy atom. The summed E-state index contributed by atoms with van der Waals surface area (Å²) in [7, 11) is 1.64. The molecule has 0 spiro atoms. The van der Waals surface area contributed by atoms with E-state index < -0.39 is 0 Å². The predicted molar refractivity (Wildman–Crippen MR) is 71.4 cm³/mol. The van der Waals surface area contributed by atoms with E-state index in [-0.39, 0.29) is 6.10 Å². The summed E-state index contributed by atoms with van der Waals surface area (Å²) >= 11 is 1.55. The average molecular weight is 268 g/mol. The Morgan fingerprint density at radius 3 is 3.06 bits per heavy atom. The van der Waals surface area contributed by atoms with Gasteiger partial charge in [0.15, 0.2) is 11.6 Å². The topological polar surface area (TPSA) is 82.3 Å². The van der Waals surface area contributed by atoms with Crippen molar-refractivity contribution < 1.29 is 9.47 Å². The number of nitrogens with one attached hydrogen (secondary N) is 1. The highest BCUT2D eigenvalue weighted by Gasteiger charge is 2.09. The molecule has 0 saturated heterocycles. The molecule has 0 saturated carbocycles. The van der Waals surface area contributed by atoms with Gasteiger partial charge in [-0.2, -0.15) is 0 Å². The lowest BCUT2D eigenvalue weighted by Crippen LogP contribution is -2.16. The van der Waals surface area contributed by atoms with E-state index in [4.69, 9.17) is 15.3 Å². The molecule has 2 heterocycles. The van der Waals surface area contributed by atoms with Gasteiger partial charge in [-0.05, 0) is 18.4 Å². The number of fused-ring (bicyclic) bond motifs is 1. The SMILES string of the molecule is COCC(C)OCc1nc(NN)c2ccsc2n1. The fraction of sp³-hybridized carbons (Fsp3) is 0.455. The van der Waals surface area contributed by atoms with Crippen molar-refractivity contribution in [1.29, 1.82) is 0 Å². The lowest BCUT2D eigenvalue weighted by Gasteiger charge is -2.11. The summed E-state index contributed by atoms with van der Waals surface area (Å²) in [4.78, 5) is 9.64. The molecule has 0 aliphatic carbocycles. The molecule has 0 radical (unpaired) electrons. The summed E-state index contributed by atoms with van der Waals surface area (Å²) < 4.78 is 10.6. The number of aromatic nitrogens is 2. The number of rotatable bonds is 6. The van der Waals surface area contributed by atoms with Crippen LogP contribution < -0.4 is 11.3 Å². The summed E-state index contributed by atoms with van der Waals surface area (Å²) in [6.45, 7) is 2.82. The van der Waals surface area contributed by atoms with Gasteiger partial charge in [0, 0.05) is 7.11 Å². The van der Waals surface area contributed by atoms with Crippen molar-refractivity contribution >= 4 is 27.4 Å². The molecule has 3 N–H and O–H groups in total. The minimum atomic E-state index is 0.00641. The van der Waals surface area contributed by atoms with E-state index in [1.165, 1.54) is 0 Å². The van der Waals surface area contributed by atoms with Gasteiger partial charge in [0.1, 0.15) is 11.4 Å². The Morgan fingerprint density at radius 1 is 1.50 bits per heavy atom. The Hall–Kier alpha value is -1.28. The van der Waals surface area contributed by atoms with Crippen LogP contribution in [0.5, 0.6) is 0 Å². The molecule has 0 aliphatic rings. The van der Waals surface area contributed by atoms with E-state index in [1.807, 2.05) is 18.4 Å². The van der Waals surface area contributed by atoms with E-state index in [9.17, 15) is 0 Å². The highest BCUT2D eigenvalue weighted by Crippen LogP contribution is 2.24. The van der Waals surface area contributed by atoms with Crippen LogP contribution in [0.15, 0.2) is 11.4 Å². The second-order valence-electron chi connectivity index (χ2n) is 3.85. The first-order valence-electron chi connectivity index (χ1n) is 5.56. The normalized spacial score (nSPS) is 12.8. The third-order valence-electron chi connectivity index (χ3n) is 2.41. The standard InChI is InChI=1S/C11H16N4O2S/c1-7(5-16-2)17-6-9-13-10(15-12)8-3-4-18-11(8)14-9/h3-4,7H,5-6,12H2,1-2H3,(H,13,14,15). The molecule has 98 valence electrons. The zero-order chi connectivity index (χ0) is 13.0. The number of hydrogen-bond donors (Lipinski definition) is 2. The van der Waals surface area contributed by atoms with Crippen LogP contribution in [-0.4, -0.2) is 29.8 Å². The molecule has 0 aromatic carbocycles. The third-order valence-corrected chi connectivity index (χ3v) is 3.21. The van der Waals surface area contributed by atoms with Crippen molar-refractivity contribution in [1.82, 2.24) is 9.97 Å². The van der Waals surface area contributed by atoms with Crippen molar-refractivity contribution in [2.45, 2.75) is 19.6 Å². The molecule has 2 aromatic heterocycles. The molecular formula is C11H16N4O2S. The van der Waals surface area contributed by atoms with Gasteiger partial charge in [0.05, 0.1) is 18.1 Å². The first-order valence-corrected chi connectivity index (χ1v) is 6.44. The fourth-order valence-corrected chi connectivity index (χ4v) is 2.36. The summed E-state index contributed by atoms with van der Waals surface area (Å²) in [6, 6.07) is 1.94. The number of nitrogens with two attached hydrogens (primary N) is 1. The van der Waals surface area contributed by atoms with E-state index in [0.717, 1.165) is 10.2 Å². The number of methoxy groups -OCH3 is 1. The molecule has 1 atom stereocenters. The largest absolute Gasteiger partial charge is 0.382 e. The minimum absolute atomic E-state index is 0.00641. The number of hydrogen-bond acceptors (Lipinski definition) is 7. The average Bonchev–Trinajstić information content (AvgIpc) is 2.83. The summed E-state index contributed by atoms with van der Waals surface area (Å²) in [5.74, 6) is 6.69. The number of hydrazine groups is 1. The van der Waals surface area contributed by atoms with Gasteiger partial charge in [-0.15, -0.1) is 11.3 Å². The molecule has 0 fully saturated rings. The lowest BCUT2D eigenvalue weighted by molar-refractivity contribution is -0.00257. The second-order valence-corrected chi connectivity index (χ2v) is 4.74. The Kier molecular flexibility index (Phi) is 4.43. The predicted octanol–water partition coefficient (Wildman–Crippen LogP) is 1.53. The van der Waals surface area contributed by atoms with Gasteiger partial charge in [0.25, 0.3) is 0 Å². The number of thiophene rings is 1. The maximum atomic E-state index is 5.58. The molecule has 0 amide bonds. The van der Waals surface area contributed by atoms with Gasteiger partial charge >= 0.3 is 0 Å². The van der Waals surface area contributed by atoms with Crippen LogP contribution in [0.4, 0.5) is 5.82 Å². The molecule has 6 nitrogen and oxygen atoms in total. The first kappa shape index (κ1) is 13.2. The lowest BCUT2D eigenvalue weighted by atomic mass is 10.4. The van der Waals surface area contributed by atoms with Gasteiger partial charge in [0.2, 0.25) is 0 Å². The van der Waals surface area contributed by atoms with Gasteiger partial charge < -0.3 is 14.9 Å². The molecule has 18 heavy (non-hydrogen) atoms. The van der Waals surface area contributed by atoms with Crippen molar-refractivity contribution in [3.8, 4) is 0 Å². The Balaban J connectivity index is 2.13. The molecule has 0 aliphatic heterocycles. The molecule has 1 unspecified atom stereocenters. The van der Waals surface area contributed by atoms with E-state index >= 15 is 0 Å². The maximum Gasteiger partial charge on any atom is 0.158 e. The smallest absolute Gasteiger partial charge is 0.158 e. The summed E-state index contributed by atoms with van der Waals surface area (Å²) in [5, 5.41) is 2.88. The zero-order valence-electron chi connectivity index (χ0n) is 10.3. The monoisotopic (exact) mass is 268 g/mol. The molecular weight excluding hydrogens is 252 g/mol. The van der Waals surface area contributed by atoms with Crippen LogP contribution in [0.25, 0.3) is 10.2 Å². The van der Waals surface area contributed by atoms with E-state index in [2.05, 4.69) is 15.4 Å². The van der Waals surface area contributed by atoms with Gasteiger partial charge in [-0.25, -0.2) is 15.8 Å². The van der Waals surface area contributed by atoms with Crippen LogP contribution in [-0.2, 0) is 16.1 Å². The highest BCUT2D eigenvalue weighted by molar-refractivity contribution is 7.16. The zero-order valence-corrected chi connectivity index (χ0v) is 11.2.